The van der Waals surface area contributed by atoms with Crippen LogP contribution in [0.3, 0.4) is 0 Å². The van der Waals surface area contributed by atoms with E-state index in [0.717, 1.165) is 0 Å². The Morgan fingerprint density at radius 1 is 1.44 bits per heavy atom. The molecule has 0 radical (unpaired) electrons. The minimum atomic E-state index is -4.70. The van der Waals surface area contributed by atoms with Crippen molar-refractivity contribution in [2.75, 3.05) is 0 Å². The van der Waals surface area contributed by atoms with Crippen LogP contribution >= 0.6 is 0 Å². The van der Waals surface area contributed by atoms with Gasteiger partial charge in [-0.15, -0.1) is 13.2 Å². The Morgan fingerprint density at radius 2 is 2.12 bits per heavy atom. The minimum absolute atomic E-state index is 0.101. The van der Waals surface area contributed by atoms with Crippen molar-refractivity contribution < 1.29 is 17.9 Å². The van der Waals surface area contributed by atoms with Crippen LogP contribution in [0.1, 0.15) is 11.1 Å². The summed E-state index contributed by atoms with van der Waals surface area (Å²) in [6.07, 6.45) is -4.70. The molecule has 0 bridgehead atoms. The molecule has 7 heteroatoms. The monoisotopic (exact) mass is 231 g/mol. The Labute approximate surface area is 89.3 Å². The van der Waals surface area contributed by atoms with Gasteiger partial charge in [0, 0.05) is 4.91 Å². The highest BCUT2D eigenvalue weighted by Crippen LogP contribution is 2.26. The van der Waals surface area contributed by atoms with Gasteiger partial charge in [0.1, 0.15) is 5.75 Å². The molecular formula is C9H8F3N3O. The van der Waals surface area contributed by atoms with Crippen molar-refractivity contribution >= 4 is 0 Å². The van der Waals surface area contributed by atoms with Gasteiger partial charge in [-0.05, 0) is 29.6 Å². The SMILES string of the molecule is Cc1cc(CN=[N+]=[N-])ccc1OC(F)(F)F. The highest BCUT2D eigenvalue weighted by molar-refractivity contribution is 5.36. The zero-order valence-corrected chi connectivity index (χ0v) is 8.32. The van der Waals surface area contributed by atoms with Crippen molar-refractivity contribution in [1.29, 1.82) is 0 Å². The molecule has 4 nitrogen and oxygen atoms in total. The summed E-state index contributed by atoms with van der Waals surface area (Å²) in [5, 5.41) is 3.30. The summed E-state index contributed by atoms with van der Waals surface area (Å²) in [6, 6.07) is 4.10. The van der Waals surface area contributed by atoms with E-state index < -0.39 is 6.36 Å². The van der Waals surface area contributed by atoms with Crippen molar-refractivity contribution in [3.8, 4) is 5.75 Å². The van der Waals surface area contributed by atoms with Gasteiger partial charge in [0.05, 0.1) is 6.54 Å². The van der Waals surface area contributed by atoms with Crippen LogP contribution in [-0.2, 0) is 6.54 Å². The third-order valence-corrected chi connectivity index (χ3v) is 1.78. The maximum absolute atomic E-state index is 11.9. The van der Waals surface area contributed by atoms with Crippen molar-refractivity contribution in [3.05, 3.63) is 39.8 Å². The first kappa shape index (κ1) is 12.2. The molecule has 0 aliphatic heterocycles. The Bertz CT molecular complexity index is 424. The summed E-state index contributed by atoms with van der Waals surface area (Å²) in [4.78, 5) is 2.56. The molecule has 0 atom stereocenters. The van der Waals surface area contributed by atoms with Crippen LogP contribution in [0.2, 0.25) is 0 Å². The van der Waals surface area contributed by atoms with E-state index in [-0.39, 0.29) is 12.3 Å². The Balaban J connectivity index is 2.87. The van der Waals surface area contributed by atoms with Crippen molar-refractivity contribution in [1.82, 2.24) is 0 Å². The molecular weight excluding hydrogens is 223 g/mol. The first-order chi connectivity index (χ1) is 7.42. The van der Waals surface area contributed by atoms with Crippen molar-refractivity contribution in [2.24, 2.45) is 5.11 Å². The van der Waals surface area contributed by atoms with E-state index in [2.05, 4.69) is 14.8 Å². The van der Waals surface area contributed by atoms with E-state index in [1.165, 1.54) is 25.1 Å². The number of hydrogen-bond donors (Lipinski definition) is 0. The van der Waals surface area contributed by atoms with Gasteiger partial charge >= 0.3 is 6.36 Å². The summed E-state index contributed by atoms with van der Waals surface area (Å²) < 4.78 is 39.6. The zero-order valence-electron chi connectivity index (χ0n) is 8.32. The lowest BCUT2D eigenvalue weighted by atomic mass is 10.1. The van der Waals surface area contributed by atoms with Gasteiger partial charge in [-0.25, -0.2) is 0 Å². The Kier molecular flexibility index (Phi) is 3.63. The third kappa shape index (κ3) is 3.70. The molecule has 1 rings (SSSR count). The van der Waals surface area contributed by atoms with Crippen LogP contribution in [0.5, 0.6) is 5.75 Å². The lowest BCUT2D eigenvalue weighted by molar-refractivity contribution is -0.274. The first-order valence-corrected chi connectivity index (χ1v) is 4.28. The molecule has 0 fully saturated rings. The van der Waals surface area contributed by atoms with E-state index in [1.807, 2.05) is 0 Å². The second-order valence-corrected chi connectivity index (χ2v) is 3.04. The molecule has 0 saturated heterocycles. The van der Waals surface area contributed by atoms with Crippen LogP contribution < -0.4 is 4.74 Å². The van der Waals surface area contributed by atoms with Gasteiger partial charge in [-0.2, -0.15) is 0 Å². The summed E-state index contributed by atoms with van der Waals surface area (Å²) in [5.74, 6) is -0.253. The summed E-state index contributed by atoms with van der Waals surface area (Å²) in [6.45, 7) is 1.59. The predicted molar refractivity (Wildman–Crippen MR) is 50.7 cm³/mol. The quantitative estimate of drug-likeness (QED) is 0.444. The second-order valence-electron chi connectivity index (χ2n) is 3.04. The number of rotatable bonds is 3. The van der Waals surface area contributed by atoms with E-state index in [1.54, 1.807) is 0 Å². The van der Waals surface area contributed by atoms with Crippen LogP contribution in [0.15, 0.2) is 23.3 Å². The van der Waals surface area contributed by atoms with Crippen LogP contribution in [0, 0.1) is 6.92 Å². The number of benzene rings is 1. The standard InChI is InChI=1S/C9H8F3N3O/c1-6-4-7(5-14-15-13)2-3-8(6)16-9(10,11)12/h2-4H,5H2,1H3. The molecule has 0 amide bonds. The number of ether oxygens (including phenoxy) is 1. The average Bonchev–Trinajstić information content (AvgIpc) is 2.17. The Hall–Kier alpha value is -1.88. The third-order valence-electron chi connectivity index (χ3n) is 1.78. The van der Waals surface area contributed by atoms with Crippen molar-refractivity contribution in [2.45, 2.75) is 19.8 Å². The number of hydrogen-bond acceptors (Lipinski definition) is 2. The summed E-state index contributed by atoms with van der Waals surface area (Å²) in [5.41, 5.74) is 9.05. The van der Waals surface area contributed by atoms with Gasteiger partial charge < -0.3 is 4.74 Å². The summed E-state index contributed by atoms with van der Waals surface area (Å²) >= 11 is 0. The fourth-order valence-electron chi connectivity index (χ4n) is 1.16. The molecule has 0 heterocycles. The molecule has 0 spiro atoms. The number of halogens is 3. The molecule has 0 aliphatic carbocycles. The predicted octanol–water partition coefficient (Wildman–Crippen LogP) is 3.70. The van der Waals surface area contributed by atoms with E-state index in [9.17, 15) is 13.2 Å². The molecule has 0 unspecified atom stereocenters. The van der Waals surface area contributed by atoms with E-state index in [0.29, 0.717) is 11.1 Å². The number of aryl methyl sites for hydroxylation is 1. The molecule has 0 N–H and O–H groups in total. The van der Waals surface area contributed by atoms with Gasteiger partial charge in [-0.1, -0.05) is 17.2 Å². The summed E-state index contributed by atoms with van der Waals surface area (Å²) in [7, 11) is 0. The average molecular weight is 231 g/mol. The van der Waals surface area contributed by atoms with Crippen LogP contribution in [-0.4, -0.2) is 6.36 Å². The number of nitrogens with zero attached hydrogens (tertiary/aromatic N) is 3. The Morgan fingerprint density at radius 3 is 2.62 bits per heavy atom. The fraction of sp³-hybridized carbons (Fsp3) is 0.333. The largest absolute Gasteiger partial charge is 0.573 e. The van der Waals surface area contributed by atoms with E-state index in [4.69, 9.17) is 5.53 Å². The lowest BCUT2D eigenvalue weighted by Gasteiger charge is -2.11. The fourth-order valence-corrected chi connectivity index (χ4v) is 1.16. The highest BCUT2D eigenvalue weighted by atomic mass is 19.4. The lowest BCUT2D eigenvalue weighted by Crippen LogP contribution is -2.17. The van der Waals surface area contributed by atoms with Crippen LogP contribution in [0.4, 0.5) is 13.2 Å². The van der Waals surface area contributed by atoms with Gasteiger partial charge in [0.25, 0.3) is 0 Å². The molecule has 0 aromatic heterocycles. The molecule has 16 heavy (non-hydrogen) atoms. The first-order valence-electron chi connectivity index (χ1n) is 4.28. The molecule has 0 aliphatic rings. The van der Waals surface area contributed by atoms with Crippen molar-refractivity contribution in [3.63, 3.8) is 0 Å². The maximum atomic E-state index is 11.9. The normalized spacial score (nSPS) is 10.8. The van der Waals surface area contributed by atoms with E-state index >= 15 is 0 Å². The number of alkyl halides is 3. The van der Waals surface area contributed by atoms with Gasteiger partial charge in [0.15, 0.2) is 0 Å². The van der Waals surface area contributed by atoms with Gasteiger partial charge in [0.2, 0.25) is 0 Å². The minimum Gasteiger partial charge on any atom is -0.406 e. The second kappa shape index (κ2) is 4.76. The van der Waals surface area contributed by atoms with Crippen LogP contribution in [0.25, 0.3) is 10.4 Å². The number of azide groups is 1. The zero-order chi connectivity index (χ0) is 12.2. The topological polar surface area (TPSA) is 58.0 Å². The molecule has 0 saturated carbocycles. The molecule has 86 valence electrons. The maximum Gasteiger partial charge on any atom is 0.573 e. The molecule has 1 aromatic rings. The smallest absolute Gasteiger partial charge is 0.406 e. The molecule has 1 aromatic carbocycles. The highest BCUT2D eigenvalue weighted by Gasteiger charge is 2.31. The van der Waals surface area contributed by atoms with Gasteiger partial charge in [-0.3, -0.25) is 0 Å².